The zero-order valence-corrected chi connectivity index (χ0v) is 9.44. The van der Waals surface area contributed by atoms with Gasteiger partial charge in [0.2, 0.25) is 0 Å². The fourth-order valence-electron chi connectivity index (χ4n) is 1.29. The number of carboxylic acid groups (broad SMARTS) is 1. The van der Waals surface area contributed by atoms with Gasteiger partial charge in [0.1, 0.15) is 0 Å². The van der Waals surface area contributed by atoms with Crippen molar-refractivity contribution in [2.24, 2.45) is 0 Å². The topological polar surface area (TPSA) is 80.4 Å². The van der Waals surface area contributed by atoms with Crippen molar-refractivity contribution in [3.63, 3.8) is 0 Å². The maximum atomic E-state index is 10.8. The molecule has 0 saturated carbocycles. The molecular formula is C9H8BrNO4. The number of benzene rings is 1. The molecule has 0 heterocycles. The Hall–Kier alpha value is -1.43. The molecular weight excluding hydrogens is 266 g/mol. The van der Waals surface area contributed by atoms with E-state index in [-0.39, 0.29) is 17.7 Å². The van der Waals surface area contributed by atoms with E-state index in [4.69, 9.17) is 5.11 Å². The number of nitro groups is 1. The summed E-state index contributed by atoms with van der Waals surface area (Å²) in [7, 11) is 0. The third-order valence-corrected chi connectivity index (χ3v) is 2.83. The molecule has 1 aromatic carbocycles. The van der Waals surface area contributed by atoms with Crippen molar-refractivity contribution in [1.29, 1.82) is 0 Å². The lowest BCUT2D eigenvalue weighted by molar-refractivity contribution is -0.386. The van der Waals surface area contributed by atoms with Crippen molar-refractivity contribution in [1.82, 2.24) is 0 Å². The molecule has 0 radical (unpaired) electrons. The molecule has 6 heteroatoms. The van der Waals surface area contributed by atoms with Crippen LogP contribution in [0.2, 0.25) is 0 Å². The number of aliphatic carboxylic acids is 1. The lowest BCUT2D eigenvalue weighted by Gasteiger charge is -2.04. The SMILES string of the molecule is Cc1c(Br)ccc(CC(=O)O)c1[N+](=O)[O-]. The van der Waals surface area contributed by atoms with Crippen molar-refractivity contribution in [3.05, 3.63) is 37.8 Å². The molecule has 0 aliphatic heterocycles. The van der Waals surface area contributed by atoms with Crippen LogP contribution in [0, 0.1) is 17.0 Å². The highest BCUT2D eigenvalue weighted by Gasteiger charge is 2.20. The van der Waals surface area contributed by atoms with E-state index in [1.54, 1.807) is 13.0 Å². The van der Waals surface area contributed by atoms with Gasteiger partial charge in [-0.25, -0.2) is 0 Å². The fraction of sp³-hybridized carbons (Fsp3) is 0.222. The van der Waals surface area contributed by atoms with Crippen molar-refractivity contribution in [2.45, 2.75) is 13.3 Å². The molecule has 80 valence electrons. The Labute approximate surface area is 94.0 Å². The van der Waals surface area contributed by atoms with Gasteiger partial charge in [0.05, 0.1) is 11.3 Å². The zero-order valence-electron chi connectivity index (χ0n) is 7.86. The van der Waals surface area contributed by atoms with Crippen LogP contribution < -0.4 is 0 Å². The second-order valence-electron chi connectivity index (χ2n) is 3.01. The third kappa shape index (κ3) is 2.53. The summed E-state index contributed by atoms with van der Waals surface area (Å²) in [5.74, 6) is -1.08. The summed E-state index contributed by atoms with van der Waals surface area (Å²) in [6, 6.07) is 3.06. The number of carboxylic acids is 1. The van der Waals surface area contributed by atoms with E-state index in [1.165, 1.54) is 6.07 Å². The first kappa shape index (κ1) is 11.6. The van der Waals surface area contributed by atoms with E-state index in [9.17, 15) is 14.9 Å². The largest absolute Gasteiger partial charge is 0.481 e. The van der Waals surface area contributed by atoms with E-state index in [1.807, 2.05) is 0 Å². The molecule has 0 fully saturated rings. The Kier molecular flexibility index (Phi) is 3.41. The second-order valence-corrected chi connectivity index (χ2v) is 3.86. The minimum Gasteiger partial charge on any atom is -0.481 e. The number of nitrogens with zero attached hydrogens (tertiary/aromatic N) is 1. The number of halogens is 1. The van der Waals surface area contributed by atoms with E-state index >= 15 is 0 Å². The predicted octanol–water partition coefficient (Wildman–Crippen LogP) is 2.29. The molecule has 0 unspecified atom stereocenters. The van der Waals surface area contributed by atoms with Crippen LogP contribution in [0.15, 0.2) is 16.6 Å². The molecule has 0 atom stereocenters. The quantitative estimate of drug-likeness (QED) is 0.677. The Morgan fingerprint density at radius 1 is 1.60 bits per heavy atom. The fourth-order valence-corrected chi connectivity index (χ4v) is 1.61. The molecule has 1 aromatic rings. The van der Waals surface area contributed by atoms with E-state index in [0.717, 1.165) is 0 Å². The van der Waals surface area contributed by atoms with Crippen LogP contribution in [0.3, 0.4) is 0 Å². The van der Waals surface area contributed by atoms with E-state index in [0.29, 0.717) is 10.0 Å². The molecule has 0 spiro atoms. The lowest BCUT2D eigenvalue weighted by atomic mass is 10.1. The van der Waals surface area contributed by atoms with Gasteiger partial charge in [0, 0.05) is 15.6 Å². The Morgan fingerprint density at radius 2 is 2.20 bits per heavy atom. The van der Waals surface area contributed by atoms with E-state index in [2.05, 4.69) is 15.9 Å². The zero-order chi connectivity index (χ0) is 11.6. The van der Waals surface area contributed by atoms with Gasteiger partial charge in [-0.15, -0.1) is 0 Å². The van der Waals surface area contributed by atoms with Crippen molar-refractivity contribution < 1.29 is 14.8 Å². The summed E-state index contributed by atoms with van der Waals surface area (Å²) in [4.78, 5) is 20.7. The molecule has 0 amide bonds. The first-order valence-electron chi connectivity index (χ1n) is 4.07. The number of hydrogen-bond acceptors (Lipinski definition) is 3. The van der Waals surface area contributed by atoms with Crippen LogP contribution in [0.5, 0.6) is 0 Å². The molecule has 15 heavy (non-hydrogen) atoms. The van der Waals surface area contributed by atoms with Gasteiger partial charge in [0.15, 0.2) is 0 Å². The van der Waals surface area contributed by atoms with Gasteiger partial charge in [-0.2, -0.15) is 0 Å². The van der Waals surface area contributed by atoms with Crippen LogP contribution in [0.4, 0.5) is 5.69 Å². The molecule has 0 aromatic heterocycles. The first-order chi connectivity index (χ1) is 6.93. The Morgan fingerprint density at radius 3 is 2.67 bits per heavy atom. The first-order valence-corrected chi connectivity index (χ1v) is 4.87. The summed E-state index contributed by atoms with van der Waals surface area (Å²) in [5.41, 5.74) is 0.527. The summed E-state index contributed by atoms with van der Waals surface area (Å²) < 4.78 is 0.600. The minimum atomic E-state index is -1.08. The van der Waals surface area contributed by atoms with Gasteiger partial charge < -0.3 is 5.11 Å². The summed E-state index contributed by atoms with van der Waals surface area (Å²) in [6.07, 6.45) is -0.343. The number of nitro benzene ring substituents is 1. The molecule has 5 nitrogen and oxygen atoms in total. The van der Waals surface area contributed by atoms with Gasteiger partial charge >= 0.3 is 5.97 Å². The third-order valence-electron chi connectivity index (χ3n) is 1.97. The highest BCUT2D eigenvalue weighted by molar-refractivity contribution is 9.10. The number of hydrogen-bond donors (Lipinski definition) is 1. The van der Waals surface area contributed by atoms with Crippen molar-refractivity contribution in [2.75, 3.05) is 0 Å². The number of rotatable bonds is 3. The van der Waals surface area contributed by atoms with Gasteiger partial charge in [-0.05, 0) is 13.0 Å². The molecule has 0 aliphatic carbocycles. The second kappa shape index (κ2) is 4.39. The average Bonchev–Trinajstić information content (AvgIpc) is 2.10. The predicted molar refractivity (Wildman–Crippen MR) is 56.9 cm³/mol. The molecule has 0 saturated heterocycles. The summed E-state index contributed by atoms with van der Waals surface area (Å²) >= 11 is 3.16. The Bertz CT molecular complexity index is 430. The normalized spacial score (nSPS) is 10.0. The summed E-state index contributed by atoms with van der Waals surface area (Å²) in [6.45, 7) is 1.58. The molecule has 0 aliphatic rings. The lowest BCUT2D eigenvalue weighted by Crippen LogP contribution is -2.05. The average molecular weight is 274 g/mol. The van der Waals surface area contributed by atoms with Crippen molar-refractivity contribution in [3.8, 4) is 0 Å². The smallest absolute Gasteiger partial charge is 0.308 e. The van der Waals surface area contributed by atoms with Crippen LogP contribution in [0.25, 0.3) is 0 Å². The maximum Gasteiger partial charge on any atom is 0.308 e. The van der Waals surface area contributed by atoms with Crippen LogP contribution >= 0.6 is 15.9 Å². The van der Waals surface area contributed by atoms with Crippen LogP contribution in [0.1, 0.15) is 11.1 Å². The van der Waals surface area contributed by atoms with E-state index < -0.39 is 10.9 Å². The van der Waals surface area contributed by atoms with Gasteiger partial charge in [-0.1, -0.05) is 22.0 Å². The highest BCUT2D eigenvalue weighted by Crippen LogP contribution is 2.29. The number of carbonyl (C=O) groups is 1. The molecule has 1 N–H and O–H groups in total. The molecule has 1 rings (SSSR count). The standard InChI is InChI=1S/C9H8BrNO4/c1-5-7(10)3-2-6(4-8(12)13)9(5)11(14)15/h2-3H,4H2,1H3,(H,12,13). The van der Waals surface area contributed by atoms with Gasteiger partial charge in [-0.3, -0.25) is 14.9 Å². The van der Waals surface area contributed by atoms with Crippen LogP contribution in [-0.2, 0) is 11.2 Å². The highest BCUT2D eigenvalue weighted by atomic mass is 79.9. The van der Waals surface area contributed by atoms with Crippen LogP contribution in [-0.4, -0.2) is 16.0 Å². The monoisotopic (exact) mass is 273 g/mol. The van der Waals surface area contributed by atoms with Gasteiger partial charge in [0.25, 0.3) is 5.69 Å². The van der Waals surface area contributed by atoms with Crippen molar-refractivity contribution >= 4 is 27.6 Å². The Balaban J connectivity index is 3.33. The summed E-state index contributed by atoms with van der Waals surface area (Å²) in [5, 5.41) is 19.4. The maximum absolute atomic E-state index is 10.8. The molecule has 0 bridgehead atoms. The minimum absolute atomic E-state index is 0.133.